The summed E-state index contributed by atoms with van der Waals surface area (Å²) in [7, 11) is 5.81. The average Bonchev–Trinajstić information content (AvgIpc) is 2.81. The van der Waals surface area contributed by atoms with Crippen molar-refractivity contribution in [3.8, 4) is 0 Å². The van der Waals surface area contributed by atoms with Crippen LogP contribution < -0.4 is 10.2 Å². The van der Waals surface area contributed by atoms with Gasteiger partial charge >= 0.3 is 0 Å². The van der Waals surface area contributed by atoms with Gasteiger partial charge in [0.2, 0.25) is 11.9 Å². The second-order valence-electron chi connectivity index (χ2n) is 4.83. The normalized spacial score (nSPS) is 10.6. The molecule has 0 spiro atoms. The van der Waals surface area contributed by atoms with E-state index in [1.807, 2.05) is 36.8 Å². The van der Waals surface area contributed by atoms with Crippen molar-refractivity contribution in [1.82, 2.24) is 24.5 Å². The van der Waals surface area contributed by atoms with Gasteiger partial charge in [0, 0.05) is 40.1 Å². The van der Waals surface area contributed by atoms with Gasteiger partial charge < -0.3 is 14.8 Å². The summed E-state index contributed by atoms with van der Waals surface area (Å²) in [6, 6.07) is 0. The number of rotatable bonds is 6. The molecule has 7 heteroatoms. The first kappa shape index (κ1) is 14.2. The highest BCUT2D eigenvalue weighted by Gasteiger charge is 2.10. The van der Waals surface area contributed by atoms with Gasteiger partial charge in [0.25, 0.3) is 0 Å². The number of aromatic nitrogens is 5. The number of nitrogens with one attached hydrogen (secondary N) is 1. The maximum absolute atomic E-state index is 4.47. The van der Waals surface area contributed by atoms with Gasteiger partial charge in [0.15, 0.2) is 0 Å². The van der Waals surface area contributed by atoms with Crippen LogP contribution in [0.1, 0.15) is 25.0 Å². The molecular formula is C13H21N7. The minimum Gasteiger partial charge on any atom is -0.354 e. The molecule has 0 radical (unpaired) electrons. The summed E-state index contributed by atoms with van der Waals surface area (Å²) >= 11 is 0. The van der Waals surface area contributed by atoms with Crippen molar-refractivity contribution in [2.45, 2.75) is 19.8 Å². The van der Waals surface area contributed by atoms with E-state index in [1.165, 1.54) is 0 Å². The first-order chi connectivity index (χ1) is 9.60. The van der Waals surface area contributed by atoms with Gasteiger partial charge in [-0.1, -0.05) is 6.92 Å². The summed E-state index contributed by atoms with van der Waals surface area (Å²) in [5.41, 5.74) is 0. The van der Waals surface area contributed by atoms with Crippen LogP contribution in [-0.4, -0.2) is 45.1 Å². The third-order valence-electron chi connectivity index (χ3n) is 2.84. The van der Waals surface area contributed by atoms with Gasteiger partial charge in [-0.2, -0.15) is 15.0 Å². The summed E-state index contributed by atoms with van der Waals surface area (Å²) < 4.78 is 1.97. The highest BCUT2D eigenvalue weighted by molar-refractivity contribution is 5.36. The van der Waals surface area contributed by atoms with E-state index < -0.39 is 0 Å². The Morgan fingerprint density at radius 1 is 1.25 bits per heavy atom. The van der Waals surface area contributed by atoms with Gasteiger partial charge in [-0.3, -0.25) is 0 Å². The Kier molecular flexibility index (Phi) is 4.49. The molecular weight excluding hydrogens is 254 g/mol. The molecule has 0 aliphatic carbocycles. The number of aryl methyl sites for hydroxylation is 1. The lowest BCUT2D eigenvalue weighted by molar-refractivity contribution is 0.783. The topological polar surface area (TPSA) is 71.8 Å². The lowest BCUT2D eigenvalue weighted by Gasteiger charge is -2.13. The van der Waals surface area contributed by atoms with Crippen LogP contribution in [-0.2, 0) is 13.5 Å². The van der Waals surface area contributed by atoms with Crippen LogP contribution >= 0.6 is 0 Å². The summed E-state index contributed by atoms with van der Waals surface area (Å²) in [4.78, 5) is 19.5. The molecule has 0 fully saturated rings. The van der Waals surface area contributed by atoms with E-state index in [2.05, 4.69) is 32.2 Å². The van der Waals surface area contributed by atoms with Crippen LogP contribution in [0, 0.1) is 0 Å². The molecule has 2 aromatic heterocycles. The molecule has 0 bridgehead atoms. The second-order valence-corrected chi connectivity index (χ2v) is 4.83. The van der Waals surface area contributed by atoms with Crippen molar-refractivity contribution in [3.63, 3.8) is 0 Å². The number of hydrogen-bond acceptors (Lipinski definition) is 6. The van der Waals surface area contributed by atoms with Crippen LogP contribution in [0.25, 0.3) is 0 Å². The van der Waals surface area contributed by atoms with E-state index in [9.17, 15) is 0 Å². The molecule has 0 aromatic carbocycles. The van der Waals surface area contributed by atoms with Crippen molar-refractivity contribution >= 4 is 11.9 Å². The molecule has 0 atom stereocenters. The van der Waals surface area contributed by atoms with Crippen LogP contribution in [0.5, 0.6) is 0 Å². The van der Waals surface area contributed by atoms with Gasteiger partial charge in [-0.25, -0.2) is 4.98 Å². The number of nitrogens with zero attached hydrogens (tertiary/aromatic N) is 6. The fourth-order valence-electron chi connectivity index (χ4n) is 1.71. The Morgan fingerprint density at radius 3 is 2.65 bits per heavy atom. The molecule has 20 heavy (non-hydrogen) atoms. The molecule has 0 unspecified atom stereocenters. The van der Waals surface area contributed by atoms with Gasteiger partial charge in [0.1, 0.15) is 11.6 Å². The summed E-state index contributed by atoms with van der Waals surface area (Å²) in [6.07, 6.45) is 5.31. The molecule has 0 saturated carbocycles. The Morgan fingerprint density at radius 2 is 2.05 bits per heavy atom. The molecule has 108 valence electrons. The van der Waals surface area contributed by atoms with E-state index in [-0.39, 0.29) is 0 Å². The first-order valence-electron chi connectivity index (χ1n) is 6.72. The fraction of sp³-hybridized carbons (Fsp3) is 0.538. The largest absolute Gasteiger partial charge is 0.354 e. The molecule has 2 heterocycles. The number of hydrogen-bond donors (Lipinski definition) is 1. The molecule has 0 saturated heterocycles. The Labute approximate surface area is 119 Å². The predicted octanol–water partition coefficient (Wildman–Crippen LogP) is 1.08. The minimum absolute atomic E-state index is 0.591. The zero-order chi connectivity index (χ0) is 14.5. The Balaban J connectivity index is 2.26. The maximum Gasteiger partial charge on any atom is 0.229 e. The molecule has 2 rings (SSSR count). The highest BCUT2D eigenvalue weighted by Crippen LogP contribution is 2.11. The molecule has 7 nitrogen and oxygen atoms in total. The van der Waals surface area contributed by atoms with Crippen molar-refractivity contribution in [2.75, 3.05) is 30.9 Å². The summed E-state index contributed by atoms with van der Waals surface area (Å²) in [6.45, 7) is 2.95. The predicted molar refractivity (Wildman–Crippen MR) is 78.9 cm³/mol. The third-order valence-corrected chi connectivity index (χ3v) is 2.84. The standard InChI is InChI=1S/C13H21N7/c1-5-6-15-12-16-10(17-13(18-12)19(2)3)9-11-14-7-8-20(11)4/h7-8H,5-6,9H2,1-4H3,(H,15,16,17,18). The first-order valence-corrected chi connectivity index (χ1v) is 6.72. The van der Waals surface area contributed by atoms with E-state index in [1.54, 1.807) is 6.20 Å². The zero-order valence-corrected chi connectivity index (χ0v) is 12.5. The average molecular weight is 275 g/mol. The SMILES string of the molecule is CCCNc1nc(Cc2nccn2C)nc(N(C)C)n1. The highest BCUT2D eigenvalue weighted by atomic mass is 15.3. The monoisotopic (exact) mass is 275 g/mol. The van der Waals surface area contributed by atoms with Crippen LogP contribution in [0.15, 0.2) is 12.4 Å². The van der Waals surface area contributed by atoms with E-state index in [0.29, 0.717) is 18.3 Å². The van der Waals surface area contributed by atoms with Gasteiger partial charge in [0.05, 0.1) is 6.42 Å². The van der Waals surface area contributed by atoms with Crippen molar-refractivity contribution < 1.29 is 0 Å². The second kappa shape index (κ2) is 6.31. The lowest BCUT2D eigenvalue weighted by Crippen LogP contribution is -2.17. The quantitative estimate of drug-likeness (QED) is 0.850. The van der Waals surface area contributed by atoms with E-state index in [4.69, 9.17) is 0 Å². The molecule has 2 aromatic rings. The van der Waals surface area contributed by atoms with E-state index in [0.717, 1.165) is 24.6 Å². The summed E-state index contributed by atoms with van der Waals surface area (Å²) in [5.74, 6) is 2.93. The fourth-order valence-corrected chi connectivity index (χ4v) is 1.71. The smallest absolute Gasteiger partial charge is 0.229 e. The van der Waals surface area contributed by atoms with Crippen molar-refractivity contribution in [3.05, 3.63) is 24.0 Å². The minimum atomic E-state index is 0.591. The van der Waals surface area contributed by atoms with E-state index >= 15 is 0 Å². The molecule has 0 aliphatic rings. The molecule has 0 amide bonds. The third kappa shape index (κ3) is 3.43. The number of anilines is 2. The molecule has 1 N–H and O–H groups in total. The zero-order valence-electron chi connectivity index (χ0n) is 12.5. The number of imidazole rings is 1. The Hall–Kier alpha value is -2.18. The van der Waals surface area contributed by atoms with Crippen LogP contribution in [0.3, 0.4) is 0 Å². The van der Waals surface area contributed by atoms with Crippen LogP contribution in [0.2, 0.25) is 0 Å². The van der Waals surface area contributed by atoms with Gasteiger partial charge in [-0.15, -0.1) is 0 Å². The van der Waals surface area contributed by atoms with Crippen molar-refractivity contribution in [1.29, 1.82) is 0 Å². The van der Waals surface area contributed by atoms with Crippen molar-refractivity contribution in [2.24, 2.45) is 7.05 Å². The summed E-state index contributed by atoms with van der Waals surface area (Å²) in [5, 5.41) is 3.21. The van der Waals surface area contributed by atoms with Crippen LogP contribution in [0.4, 0.5) is 11.9 Å². The maximum atomic E-state index is 4.47. The molecule has 0 aliphatic heterocycles. The Bertz CT molecular complexity index is 562. The lowest BCUT2D eigenvalue weighted by atomic mass is 10.4. The van der Waals surface area contributed by atoms with Gasteiger partial charge in [-0.05, 0) is 6.42 Å².